The third kappa shape index (κ3) is 5.16. The van der Waals surface area contributed by atoms with Crippen molar-refractivity contribution in [1.82, 2.24) is 0 Å². The summed E-state index contributed by atoms with van der Waals surface area (Å²) in [7, 11) is 2.93. The highest BCUT2D eigenvalue weighted by atomic mass is 35.5. The van der Waals surface area contributed by atoms with Gasteiger partial charge in [-0.25, -0.2) is 0 Å². The average Bonchev–Trinajstić information content (AvgIpc) is 2.36. The van der Waals surface area contributed by atoms with Gasteiger partial charge in [-0.1, -0.05) is 0 Å². The zero-order chi connectivity index (χ0) is 14.5. The van der Waals surface area contributed by atoms with Gasteiger partial charge < -0.3 is 14.2 Å². The number of benzene rings is 1. The lowest BCUT2D eigenvalue weighted by Gasteiger charge is -2.16. The Balaban J connectivity index is 2.72. The van der Waals surface area contributed by atoms with E-state index in [1.54, 1.807) is 18.2 Å². The molecule has 0 heterocycles. The number of methoxy groups -OCH3 is 2. The maximum absolute atomic E-state index is 12.0. The van der Waals surface area contributed by atoms with Gasteiger partial charge in [-0.05, 0) is 18.2 Å². The molecule has 7 heteroatoms. The quantitative estimate of drug-likeness (QED) is 0.752. The van der Waals surface area contributed by atoms with Crippen molar-refractivity contribution in [2.45, 2.75) is 11.6 Å². The first kappa shape index (κ1) is 15.9. The molecule has 1 atom stereocenters. The Morgan fingerprint density at radius 2 is 1.89 bits per heavy atom. The van der Waals surface area contributed by atoms with Gasteiger partial charge in [0.15, 0.2) is 0 Å². The minimum Gasteiger partial charge on any atom is -0.497 e. The van der Waals surface area contributed by atoms with Crippen LogP contribution in [0.2, 0.25) is 0 Å². The Labute approximate surface area is 114 Å². The van der Waals surface area contributed by atoms with Crippen molar-refractivity contribution in [3.05, 3.63) is 23.8 Å². The molecule has 0 saturated carbocycles. The van der Waals surface area contributed by atoms with Crippen molar-refractivity contribution < 1.29 is 27.4 Å². The second-order valence-electron chi connectivity index (χ2n) is 3.71. The predicted octanol–water partition coefficient (Wildman–Crippen LogP) is 3.56. The standard InChI is InChI=1S/C12H14ClF3O3/c1-17-8-3-4-11(18-2)9(5-8)10(13)6-19-7-12(14,15)16/h3-5,10H,6-7H2,1-2H3. The maximum Gasteiger partial charge on any atom is 0.411 e. The predicted molar refractivity (Wildman–Crippen MR) is 65.0 cm³/mol. The second kappa shape index (κ2) is 6.86. The monoisotopic (exact) mass is 298 g/mol. The molecule has 0 bridgehead atoms. The van der Waals surface area contributed by atoms with Gasteiger partial charge in [0.05, 0.1) is 26.2 Å². The van der Waals surface area contributed by atoms with E-state index < -0.39 is 18.2 Å². The zero-order valence-corrected chi connectivity index (χ0v) is 11.2. The maximum atomic E-state index is 12.0. The first-order valence-electron chi connectivity index (χ1n) is 5.38. The fourth-order valence-corrected chi connectivity index (χ4v) is 1.71. The summed E-state index contributed by atoms with van der Waals surface area (Å²) < 4.78 is 50.5. The van der Waals surface area contributed by atoms with Gasteiger partial charge in [0.2, 0.25) is 0 Å². The number of halogens is 4. The summed E-state index contributed by atoms with van der Waals surface area (Å²) in [6, 6.07) is 4.91. The SMILES string of the molecule is COc1ccc(OC)c(C(Cl)COCC(F)(F)F)c1. The van der Waals surface area contributed by atoms with Gasteiger partial charge in [0.25, 0.3) is 0 Å². The number of rotatable bonds is 6. The van der Waals surface area contributed by atoms with E-state index in [1.165, 1.54) is 14.2 Å². The topological polar surface area (TPSA) is 27.7 Å². The molecule has 0 amide bonds. The van der Waals surface area contributed by atoms with Crippen molar-refractivity contribution in [3.63, 3.8) is 0 Å². The molecule has 3 nitrogen and oxygen atoms in total. The number of ether oxygens (including phenoxy) is 3. The first-order valence-corrected chi connectivity index (χ1v) is 5.81. The molecule has 0 aliphatic rings. The highest BCUT2D eigenvalue weighted by Crippen LogP contribution is 2.33. The van der Waals surface area contributed by atoms with Gasteiger partial charge in [0.1, 0.15) is 18.1 Å². The molecule has 1 unspecified atom stereocenters. The van der Waals surface area contributed by atoms with E-state index >= 15 is 0 Å². The molecule has 0 spiro atoms. The van der Waals surface area contributed by atoms with Gasteiger partial charge in [-0.15, -0.1) is 11.6 Å². The van der Waals surface area contributed by atoms with Gasteiger partial charge in [0, 0.05) is 5.56 Å². The van der Waals surface area contributed by atoms with Crippen LogP contribution in [0.25, 0.3) is 0 Å². The number of hydrogen-bond donors (Lipinski definition) is 0. The largest absolute Gasteiger partial charge is 0.497 e. The summed E-state index contributed by atoms with van der Waals surface area (Å²) in [4.78, 5) is 0. The average molecular weight is 299 g/mol. The summed E-state index contributed by atoms with van der Waals surface area (Å²) >= 11 is 6.02. The normalized spacial score (nSPS) is 13.2. The summed E-state index contributed by atoms with van der Waals surface area (Å²) in [6.07, 6.45) is -4.37. The van der Waals surface area contributed by atoms with Crippen LogP contribution in [-0.2, 0) is 4.74 Å². The van der Waals surface area contributed by atoms with Crippen molar-refractivity contribution in [2.24, 2.45) is 0 Å². The van der Waals surface area contributed by atoms with Crippen LogP contribution in [0.3, 0.4) is 0 Å². The van der Waals surface area contributed by atoms with Crippen LogP contribution in [0.4, 0.5) is 13.2 Å². The fourth-order valence-electron chi connectivity index (χ4n) is 1.45. The molecule has 19 heavy (non-hydrogen) atoms. The van der Waals surface area contributed by atoms with Gasteiger partial charge >= 0.3 is 6.18 Å². The van der Waals surface area contributed by atoms with E-state index in [0.717, 1.165) is 0 Å². The highest BCUT2D eigenvalue weighted by Gasteiger charge is 2.28. The van der Waals surface area contributed by atoms with E-state index in [4.69, 9.17) is 21.1 Å². The third-order valence-electron chi connectivity index (χ3n) is 2.30. The van der Waals surface area contributed by atoms with Crippen molar-refractivity contribution in [1.29, 1.82) is 0 Å². The molecule has 0 fully saturated rings. The molecule has 0 radical (unpaired) electrons. The third-order valence-corrected chi connectivity index (χ3v) is 2.67. The lowest BCUT2D eigenvalue weighted by molar-refractivity contribution is -0.173. The van der Waals surface area contributed by atoms with Crippen LogP contribution in [0.1, 0.15) is 10.9 Å². The molecule has 0 aliphatic heterocycles. The molecule has 1 aromatic carbocycles. The van der Waals surface area contributed by atoms with E-state index in [-0.39, 0.29) is 6.61 Å². The Morgan fingerprint density at radius 1 is 1.21 bits per heavy atom. The van der Waals surface area contributed by atoms with Crippen molar-refractivity contribution in [2.75, 3.05) is 27.4 Å². The van der Waals surface area contributed by atoms with Crippen molar-refractivity contribution >= 4 is 11.6 Å². The molecular weight excluding hydrogens is 285 g/mol. The van der Waals surface area contributed by atoms with Crippen LogP contribution in [0.15, 0.2) is 18.2 Å². The number of hydrogen-bond acceptors (Lipinski definition) is 3. The van der Waals surface area contributed by atoms with Crippen molar-refractivity contribution in [3.8, 4) is 11.5 Å². The fraction of sp³-hybridized carbons (Fsp3) is 0.500. The molecule has 0 aliphatic carbocycles. The summed E-state index contributed by atoms with van der Waals surface area (Å²) in [5.74, 6) is 1.01. The van der Waals surface area contributed by atoms with Crippen LogP contribution < -0.4 is 9.47 Å². The zero-order valence-electron chi connectivity index (χ0n) is 10.5. The highest BCUT2D eigenvalue weighted by molar-refractivity contribution is 6.21. The van der Waals surface area contributed by atoms with E-state index in [9.17, 15) is 13.2 Å². The second-order valence-corrected chi connectivity index (χ2v) is 4.23. The Kier molecular flexibility index (Phi) is 5.75. The number of alkyl halides is 4. The van der Waals surface area contributed by atoms with Crippen LogP contribution in [-0.4, -0.2) is 33.6 Å². The van der Waals surface area contributed by atoms with E-state index in [1.807, 2.05) is 0 Å². The Bertz CT molecular complexity index is 410. The van der Waals surface area contributed by atoms with Crippen LogP contribution >= 0.6 is 11.6 Å². The van der Waals surface area contributed by atoms with E-state index in [2.05, 4.69) is 4.74 Å². The molecule has 0 aromatic heterocycles. The molecule has 0 N–H and O–H groups in total. The Hall–Kier alpha value is -1.14. The lowest BCUT2D eigenvalue weighted by Crippen LogP contribution is -2.18. The summed E-state index contributed by atoms with van der Waals surface area (Å²) in [6.45, 7) is -1.60. The minimum absolute atomic E-state index is 0.273. The molecular formula is C12H14ClF3O3. The summed E-state index contributed by atoms with van der Waals surface area (Å²) in [5.41, 5.74) is 0.519. The molecule has 1 rings (SSSR count). The smallest absolute Gasteiger partial charge is 0.411 e. The summed E-state index contributed by atoms with van der Waals surface area (Å²) in [5, 5.41) is -0.757. The van der Waals surface area contributed by atoms with Gasteiger partial charge in [-0.2, -0.15) is 13.2 Å². The Morgan fingerprint density at radius 3 is 2.42 bits per heavy atom. The minimum atomic E-state index is -4.37. The molecule has 0 saturated heterocycles. The lowest BCUT2D eigenvalue weighted by atomic mass is 10.1. The van der Waals surface area contributed by atoms with Gasteiger partial charge in [-0.3, -0.25) is 0 Å². The van der Waals surface area contributed by atoms with Crippen LogP contribution in [0.5, 0.6) is 11.5 Å². The first-order chi connectivity index (χ1) is 8.87. The molecule has 1 aromatic rings. The van der Waals surface area contributed by atoms with E-state index in [0.29, 0.717) is 17.1 Å². The van der Waals surface area contributed by atoms with Crippen LogP contribution in [0, 0.1) is 0 Å². The molecule has 108 valence electrons.